The Hall–Kier alpha value is -2.04. The maximum atomic E-state index is 12.2. The molecule has 0 bridgehead atoms. The lowest BCUT2D eigenvalue weighted by atomic mass is 10.0. The first kappa shape index (κ1) is 13.4. The minimum atomic E-state index is -0.562. The van der Waals surface area contributed by atoms with Crippen LogP contribution in [0.4, 0.5) is 10.5 Å². The van der Waals surface area contributed by atoms with Gasteiger partial charge in [0.2, 0.25) is 0 Å². The highest BCUT2D eigenvalue weighted by molar-refractivity contribution is 5.98. The molecule has 0 aliphatic carbocycles. The number of nitrogens with zero attached hydrogens (tertiary/aromatic N) is 1. The first-order chi connectivity index (χ1) is 8.90. The van der Waals surface area contributed by atoms with Crippen LogP contribution in [-0.2, 0) is 9.53 Å². The monoisotopic (exact) mass is 262 g/mol. The van der Waals surface area contributed by atoms with E-state index in [1.807, 2.05) is 32.9 Å². The molecule has 5 heteroatoms. The summed E-state index contributed by atoms with van der Waals surface area (Å²) < 4.78 is 4.84. The molecule has 0 spiro atoms. The van der Waals surface area contributed by atoms with Gasteiger partial charge in [0.25, 0.3) is 5.91 Å². The van der Waals surface area contributed by atoms with Crippen molar-refractivity contribution in [2.24, 2.45) is 0 Å². The van der Waals surface area contributed by atoms with Crippen molar-refractivity contribution in [2.75, 3.05) is 19.0 Å². The van der Waals surface area contributed by atoms with E-state index in [1.54, 1.807) is 7.05 Å². The molecule has 2 amide bonds. The number of aryl methyl sites for hydroxylation is 3. The fourth-order valence-electron chi connectivity index (χ4n) is 2.33. The molecule has 1 fully saturated rings. The van der Waals surface area contributed by atoms with Crippen molar-refractivity contribution < 1.29 is 14.3 Å². The molecular formula is C14H18N2O3. The third-order valence-electron chi connectivity index (χ3n) is 3.35. The molecule has 1 unspecified atom stereocenters. The van der Waals surface area contributed by atoms with Crippen molar-refractivity contribution in [3.05, 3.63) is 28.8 Å². The van der Waals surface area contributed by atoms with Crippen LogP contribution in [0.1, 0.15) is 16.7 Å². The molecular weight excluding hydrogens is 244 g/mol. The second kappa shape index (κ2) is 4.91. The predicted octanol–water partition coefficient (Wildman–Crippen LogP) is 2.00. The van der Waals surface area contributed by atoms with Crippen LogP contribution in [0.3, 0.4) is 0 Å². The van der Waals surface area contributed by atoms with Gasteiger partial charge < -0.3 is 10.1 Å². The van der Waals surface area contributed by atoms with E-state index in [1.165, 1.54) is 4.90 Å². The number of nitrogens with one attached hydrogen (secondary N) is 1. The number of rotatable bonds is 2. The summed E-state index contributed by atoms with van der Waals surface area (Å²) in [5.74, 6) is -0.219. The van der Waals surface area contributed by atoms with E-state index >= 15 is 0 Å². The third-order valence-corrected chi connectivity index (χ3v) is 3.35. The summed E-state index contributed by atoms with van der Waals surface area (Å²) in [7, 11) is 1.56. The summed E-state index contributed by atoms with van der Waals surface area (Å²) in [6.45, 7) is 6.03. The van der Waals surface area contributed by atoms with Crippen LogP contribution in [0, 0.1) is 20.8 Å². The van der Waals surface area contributed by atoms with Gasteiger partial charge in [0, 0.05) is 12.7 Å². The minimum Gasteiger partial charge on any atom is -0.447 e. The van der Waals surface area contributed by atoms with E-state index in [-0.39, 0.29) is 12.5 Å². The Bertz CT molecular complexity index is 516. The standard InChI is InChI=1S/C14H18N2O3/c1-8-5-9(2)12(10(3)6-8)15-13(17)11-7-19-14(18)16(11)4/h5-6,11H,7H2,1-4H3,(H,15,17). The van der Waals surface area contributed by atoms with Crippen molar-refractivity contribution in [3.63, 3.8) is 0 Å². The molecule has 1 N–H and O–H groups in total. The van der Waals surface area contributed by atoms with Crippen LogP contribution < -0.4 is 5.32 Å². The Kier molecular flexibility index (Phi) is 3.46. The highest BCUT2D eigenvalue weighted by Gasteiger charge is 2.35. The number of benzene rings is 1. The van der Waals surface area contributed by atoms with Crippen molar-refractivity contribution in [1.82, 2.24) is 4.90 Å². The average molecular weight is 262 g/mol. The van der Waals surface area contributed by atoms with Crippen molar-refractivity contribution in [3.8, 4) is 0 Å². The Labute approximate surface area is 112 Å². The number of carbonyl (C=O) groups is 2. The molecule has 0 radical (unpaired) electrons. The number of carbonyl (C=O) groups excluding carboxylic acids is 2. The Morgan fingerprint density at radius 2 is 1.89 bits per heavy atom. The number of hydrogen-bond donors (Lipinski definition) is 1. The largest absolute Gasteiger partial charge is 0.447 e. The Balaban J connectivity index is 2.18. The van der Waals surface area contributed by atoms with Crippen LogP contribution in [0.5, 0.6) is 0 Å². The van der Waals surface area contributed by atoms with E-state index in [4.69, 9.17) is 4.74 Å². The van der Waals surface area contributed by atoms with Crippen molar-refractivity contribution in [1.29, 1.82) is 0 Å². The topological polar surface area (TPSA) is 58.6 Å². The van der Waals surface area contributed by atoms with E-state index in [9.17, 15) is 9.59 Å². The summed E-state index contributed by atoms with van der Waals surface area (Å²) >= 11 is 0. The zero-order valence-electron chi connectivity index (χ0n) is 11.6. The summed E-state index contributed by atoms with van der Waals surface area (Å²) in [5.41, 5.74) is 3.99. The van der Waals surface area contributed by atoms with Gasteiger partial charge in [-0.3, -0.25) is 9.69 Å². The summed E-state index contributed by atoms with van der Waals surface area (Å²) in [6, 6.07) is 3.47. The quantitative estimate of drug-likeness (QED) is 0.886. The van der Waals surface area contributed by atoms with Crippen LogP contribution in [0.15, 0.2) is 12.1 Å². The average Bonchev–Trinajstić information content (AvgIpc) is 2.64. The molecule has 102 valence electrons. The minimum absolute atomic E-state index is 0.102. The zero-order valence-corrected chi connectivity index (χ0v) is 11.6. The van der Waals surface area contributed by atoms with Gasteiger partial charge in [0.15, 0.2) is 0 Å². The molecule has 1 aliphatic heterocycles. The third kappa shape index (κ3) is 2.54. The van der Waals surface area contributed by atoms with Gasteiger partial charge in [-0.1, -0.05) is 17.7 Å². The van der Waals surface area contributed by atoms with Crippen molar-refractivity contribution in [2.45, 2.75) is 26.8 Å². The van der Waals surface area contributed by atoms with Gasteiger partial charge in [0.05, 0.1) is 0 Å². The molecule has 1 aromatic rings. The van der Waals surface area contributed by atoms with E-state index in [2.05, 4.69) is 5.32 Å². The van der Waals surface area contributed by atoms with Crippen LogP contribution in [-0.4, -0.2) is 36.6 Å². The van der Waals surface area contributed by atoms with Gasteiger partial charge in [-0.25, -0.2) is 4.79 Å². The maximum Gasteiger partial charge on any atom is 0.410 e. The molecule has 1 aliphatic rings. The van der Waals surface area contributed by atoms with Crippen LogP contribution >= 0.6 is 0 Å². The first-order valence-electron chi connectivity index (χ1n) is 6.18. The number of anilines is 1. The molecule has 1 aromatic carbocycles. The highest BCUT2D eigenvalue weighted by Crippen LogP contribution is 2.23. The van der Waals surface area contributed by atoms with E-state index in [0.717, 1.165) is 22.4 Å². The van der Waals surface area contributed by atoms with Gasteiger partial charge in [-0.05, 0) is 31.9 Å². The fourth-order valence-corrected chi connectivity index (χ4v) is 2.33. The first-order valence-corrected chi connectivity index (χ1v) is 6.18. The second-order valence-corrected chi connectivity index (χ2v) is 4.97. The maximum absolute atomic E-state index is 12.2. The lowest BCUT2D eigenvalue weighted by Crippen LogP contribution is -2.40. The zero-order chi connectivity index (χ0) is 14.2. The van der Waals surface area contributed by atoms with Gasteiger partial charge in [-0.2, -0.15) is 0 Å². The van der Waals surface area contributed by atoms with Gasteiger partial charge in [0.1, 0.15) is 12.6 Å². The summed E-state index contributed by atoms with van der Waals surface area (Å²) in [5, 5.41) is 2.89. The molecule has 0 aromatic heterocycles. The molecule has 1 saturated heterocycles. The molecule has 2 rings (SSSR count). The fraction of sp³-hybridized carbons (Fsp3) is 0.429. The normalized spacial score (nSPS) is 18.4. The Morgan fingerprint density at radius 1 is 1.32 bits per heavy atom. The lowest BCUT2D eigenvalue weighted by Gasteiger charge is -2.18. The number of ether oxygens (including phenoxy) is 1. The number of likely N-dealkylation sites (N-methyl/N-ethyl adjacent to an activating group) is 1. The Morgan fingerprint density at radius 3 is 2.37 bits per heavy atom. The number of hydrogen-bond acceptors (Lipinski definition) is 3. The second-order valence-electron chi connectivity index (χ2n) is 4.97. The molecule has 5 nitrogen and oxygen atoms in total. The van der Waals surface area contributed by atoms with Crippen LogP contribution in [0.2, 0.25) is 0 Å². The van der Waals surface area contributed by atoms with E-state index in [0.29, 0.717) is 0 Å². The highest BCUT2D eigenvalue weighted by atomic mass is 16.6. The summed E-state index contributed by atoms with van der Waals surface area (Å²) in [4.78, 5) is 24.7. The van der Waals surface area contributed by atoms with Crippen molar-refractivity contribution >= 4 is 17.7 Å². The van der Waals surface area contributed by atoms with Gasteiger partial charge in [-0.15, -0.1) is 0 Å². The smallest absolute Gasteiger partial charge is 0.410 e. The number of amides is 2. The molecule has 0 saturated carbocycles. The van der Waals surface area contributed by atoms with E-state index < -0.39 is 12.1 Å². The molecule has 19 heavy (non-hydrogen) atoms. The SMILES string of the molecule is Cc1cc(C)c(NC(=O)C2COC(=O)N2C)c(C)c1. The molecule has 1 heterocycles. The summed E-state index contributed by atoms with van der Waals surface area (Å²) in [6.07, 6.45) is -0.461. The van der Waals surface area contributed by atoms with Crippen LogP contribution in [0.25, 0.3) is 0 Å². The number of cyclic esters (lactones) is 1. The lowest BCUT2D eigenvalue weighted by molar-refractivity contribution is -0.119. The van der Waals surface area contributed by atoms with Gasteiger partial charge >= 0.3 is 6.09 Å². The predicted molar refractivity (Wildman–Crippen MR) is 72.2 cm³/mol. The molecule has 1 atom stereocenters.